The zero-order valence-corrected chi connectivity index (χ0v) is 11.6. The first-order valence-electron chi connectivity index (χ1n) is 6.96. The summed E-state index contributed by atoms with van der Waals surface area (Å²) in [5.41, 5.74) is 1.19. The summed E-state index contributed by atoms with van der Waals surface area (Å²) in [6.45, 7) is 4.03. The number of carbonyl (C=O) groups is 2. The van der Waals surface area contributed by atoms with E-state index in [0.717, 1.165) is 19.5 Å². The Hall–Kier alpha value is -1.88. The van der Waals surface area contributed by atoms with Crippen LogP contribution in [-0.2, 0) is 9.53 Å². The molecule has 1 aliphatic heterocycles. The van der Waals surface area contributed by atoms with Crippen molar-refractivity contribution < 1.29 is 14.3 Å². The number of nitrogens with one attached hydrogen (secondary N) is 2. The molecule has 1 atom stereocenters. The third-order valence-corrected chi connectivity index (χ3v) is 3.32. The van der Waals surface area contributed by atoms with Gasteiger partial charge >= 0.3 is 5.97 Å². The van der Waals surface area contributed by atoms with Gasteiger partial charge in [-0.05, 0) is 56.6 Å². The molecule has 1 unspecified atom stereocenters. The maximum atomic E-state index is 11.9. The molecule has 2 N–H and O–H groups in total. The Morgan fingerprint density at radius 1 is 1.35 bits per heavy atom. The first-order valence-corrected chi connectivity index (χ1v) is 6.96. The lowest BCUT2D eigenvalue weighted by Crippen LogP contribution is -2.18. The van der Waals surface area contributed by atoms with Crippen molar-refractivity contribution in [1.29, 1.82) is 0 Å². The lowest BCUT2D eigenvalue weighted by Gasteiger charge is -2.09. The Bertz CT molecular complexity index is 465. The van der Waals surface area contributed by atoms with E-state index in [9.17, 15) is 9.59 Å². The molecule has 1 saturated heterocycles. The Labute approximate surface area is 118 Å². The number of esters is 1. The van der Waals surface area contributed by atoms with E-state index >= 15 is 0 Å². The Morgan fingerprint density at radius 2 is 2.10 bits per heavy atom. The summed E-state index contributed by atoms with van der Waals surface area (Å²) in [7, 11) is 0. The summed E-state index contributed by atoms with van der Waals surface area (Å²) in [6, 6.07) is 6.75. The predicted octanol–water partition coefficient (Wildman–Crippen LogP) is 1.80. The summed E-state index contributed by atoms with van der Waals surface area (Å²) in [5.74, 6) is 0.0961. The van der Waals surface area contributed by atoms with Crippen molar-refractivity contribution in [2.75, 3.05) is 25.0 Å². The molecule has 1 aromatic carbocycles. The summed E-state index contributed by atoms with van der Waals surface area (Å²) >= 11 is 0. The number of hydrogen-bond acceptors (Lipinski definition) is 4. The van der Waals surface area contributed by atoms with Crippen LogP contribution in [0.25, 0.3) is 0 Å². The molecule has 1 amide bonds. The average Bonchev–Trinajstić information content (AvgIpc) is 2.92. The average molecular weight is 276 g/mol. The molecule has 0 saturated carbocycles. The quantitative estimate of drug-likeness (QED) is 0.805. The smallest absolute Gasteiger partial charge is 0.338 e. The molecule has 0 aliphatic carbocycles. The van der Waals surface area contributed by atoms with Gasteiger partial charge in [-0.25, -0.2) is 4.79 Å². The van der Waals surface area contributed by atoms with E-state index < -0.39 is 0 Å². The SMILES string of the molecule is CCOC(=O)c1ccc(NC(=O)CC2CCNC2)cc1. The fourth-order valence-electron chi connectivity index (χ4n) is 2.27. The summed E-state index contributed by atoms with van der Waals surface area (Å²) in [4.78, 5) is 23.4. The van der Waals surface area contributed by atoms with Gasteiger partial charge in [-0.2, -0.15) is 0 Å². The molecule has 0 radical (unpaired) electrons. The van der Waals surface area contributed by atoms with Gasteiger partial charge in [0, 0.05) is 12.1 Å². The Morgan fingerprint density at radius 3 is 2.70 bits per heavy atom. The number of anilines is 1. The van der Waals surface area contributed by atoms with E-state index in [1.165, 1.54) is 0 Å². The van der Waals surface area contributed by atoms with Crippen molar-refractivity contribution >= 4 is 17.6 Å². The summed E-state index contributed by atoms with van der Waals surface area (Å²) < 4.78 is 4.90. The van der Waals surface area contributed by atoms with E-state index in [1.54, 1.807) is 31.2 Å². The second kappa shape index (κ2) is 7.05. The molecule has 1 fully saturated rings. The number of rotatable bonds is 5. The van der Waals surface area contributed by atoms with Crippen LogP contribution >= 0.6 is 0 Å². The van der Waals surface area contributed by atoms with Crippen molar-refractivity contribution in [1.82, 2.24) is 5.32 Å². The van der Waals surface area contributed by atoms with Crippen LogP contribution in [-0.4, -0.2) is 31.6 Å². The fraction of sp³-hybridized carbons (Fsp3) is 0.467. The van der Waals surface area contributed by atoms with Crippen LogP contribution in [0.3, 0.4) is 0 Å². The lowest BCUT2D eigenvalue weighted by atomic mass is 10.0. The number of hydrogen-bond donors (Lipinski definition) is 2. The Balaban J connectivity index is 1.86. The molecule has 1 heterocycles. The second-order valence-electron chi connectivity index (χ2n) is 4.91. The number of amides is 1. The molecule has 20 heavy (non-hydrogen) atoms. The van der Waals surface area contributed by atoms with Crippen molar-refractivity contribution in [3.63, 3.8) is 0 Å². The van der Waals surface area contributed by atoms with Crippen LogP contribution in [0.5, 0.6) is 0 Å². The monoisotopic (exact) mass is 276 g/mol. The maximum Gasteiger partial charge on any atom is 0.338 e. The first-order chi connectivity index (χ1) is 9.69. The largest absolute Gasteiger partial charge is 0.462 e. The molecule has 5 heteroatoms. The zero-order chi connectivity index (χ0) is 14.4. The highest BCUT2D eigenvalue weighted by Gasteiger charge is 2.18. The van der Waals surface area contributed by atoms with Gasteiger partial charge in [-0.3, -0.25) is 4.79 Å². The van der Waals surface area contributed by atoms with Crippen LogP contribution in [0.1, 0.15) is 30.1 Å². The first kappa shape index (κ1) is 14.5. The number of ether oxygens (including phenoxy) is 1. The van der Waals surface area contributed by atoms with E-state index in [4.69, 9.17) is 4.74 Å². The second-order valence-corrected chi connectivity index (χ2v) is 4.91. The van der Waals surface area contributed by atoms with Gasteiger partial charge in [-0.1, -0.05) is 0 Å². The lowest BCUT2D eigenvalue weighted by molar-refractivity contribution is -0.116. The van der Waals surface area contributed by atoms with E-state index in [2.05, 4.69) is 10.6 Å². The third kappa shape index (κ3) is 4.06. The van der Waals surface area contributed by atoms with E-state index in [-0.39, 0.29) is 11.9 Å². The van der Waals surface area contributed by atoms with Crippen molar-refractivity contribution in [2.45, 2.75) is 19.8 Å². The van der Waals surface area contributed by atoms with E-state index in [1.807, 2.05) is 0 Å². The molecule has 108 valence electrons. The molecular formula is C15H20N2O3. The van der Waals surface area contributed by atoms with Crippen molar-refractivity contribution in [2.24, 2.45) is 5.92 Å². The minimum atomic E-state index is -0.345. The van der Waals surface area contributed by atoms with Crippen LogP contribution in [0.2, 0.25) is 0 Å². The molecule has 0 bridgehead atoms. The highest BCUT2D eigenvalue weighted by Crippen LogP contribution is 2.15. The standard InChI is InChI=1S/C15H20N2O3/c1-2-20-15(19)12-3-5-13(6-4-12)17-14(18)9-11-7-8-16-10-11/h3-6,11,16H,2,7-10H2,1H3,(H,17,18). The molecular weight excluding hydrogens is 256 g/mol. The highest BCUT2D eigenvalue weighted by atomic mass is 16.5. The van der Waals surface area contributed by atoms with Crippen molar-refractivity contribution in [3.05, 3.63) is 29.8 Å². The number of benzene rings is 1. The number of carbonyl (C=O) groups excluding carboxylic acids is 2. The van der Waals surface area contributed by atoms with Crippen LogP contribution in [0, 0.1) is 5.92 Å². The summed E-state index contributed by atoms with van der Waals surface area (Å²) in [6.07, 6.45) is 1.59. The third-order valence-electron chi connectivity index (χ3n) is 3.32. The molecule has 1 aliphatic rings. The van der Waals surface area contributed by atoms with Gasteiger partial charge in [0.2, 0.25) is 5.91 Å². The highest BCUT2D eigenvalue weighted by molar-refractivity contribution is 5.93. The van der Waals surface area contributed by atoms with Crippen LogP contribution in [0.4, 0.5) is 5.69 Å². The minimum absolute atomic E-state index is 0.0163. The van der Waals surface area contributed by atoms with Gasteiger partial charge in [0.05, 0.1) is 12.2 Å². The zero-order valence-electron chi connectivity index (χ0n) is 11.6. The minimum Gasteiger partial charge on any atom is -0.462 e. The molecule has 0 spiro atoms. The Kier molecular flexibility index (Phi) is 5.12. The molecule has 1 aromatic rings. The van der Waals surface area contributed by atoms with Gasteiger partial charge in [0.15, 0.2) is 0 Å². The van der Waals surface area contributed by atoms with Gasteiger partial charge < -0.3 is 15.4 Å². The fourth-order valence-corrected chi connectivity index (χ4v) is 2.27. The van der Waals surface area contributed by atoms with Gasteiger partial charge in [0.1, 0.15) is 0 Å². The summed E-state index contributed by atoms with van der Waals surface area (Å²) in [5, 5.41) is 6.09. The normalized spacial score (nSPS) is 17.8. The predicted molar refractivity (Wildman–Crippen MR) is 76.6 cm³/mol. The topological polar surface area (TPSA) is 67.4 Å². The molecule has 5 nitrogen and oxygen atoms in total. The molecule has 0 aromatic heterocycles. The van der Waals surface area contributed by atoms with Crippen LogP contribution in [0.15, 0.2) is 24.3 Å². The van der Waals surface area contributed by atoms with Gasteiger partial charge in [-0.15, -0.1) is 0 Å². The van der Waals surface area contributed by atoms with Gasteiger partial charge in [0.25, 0.3) is 0 Å². The molecule has 2 rings (SSSR count). The van der Waals surface area contributed by atoms with E-state index in [0.29, 0.717) is 30.2 Å². The van der Waals surface area contributed by atoms with Crippen molar-refractivity contribution in [3.8, 4) is 0 Å². The maximum absolute atomic E-state index is 11.9. The van der Waals surface area contributed by atoms with Crippen LogP contribution < -0.4 is 10.6 Å².